The second-order valence-corrected chi connectivity index (χ2v) is 22.2. The highest BCUT2D eigenvalue weighted by molar-refractivity contribution is 7.89. The number of piperidine rings is 1. The average molecular weight is 992 g/mol. The van der Waals surface area contributed by atoms with E-state index in [1.54, 1.807) is 26.2 Å². The molecule has 1 N–H and O–H groups in total. The fourth-order valence-corrected chi connectivity index (χ4v) is 10.8. The largest absolute Gasteiger partial charge is 0.497 e. The molecule has 1 aliphatic carbocycles. The van der Waals surface area contributed by atoms with E-state index in [0.717, 1.165) is 28.7 Å². The van der Waals surface area contributed by atoms with Gasteiger partial charge < -0.3 is 33.9 Å². The van der Waals surface area contributed by atoms with E-state index in [2.05, 4.69) is 21.7 Å². The monoisotopic (exact) mass is 991 g/mol. The van der Waals surface area contributed by atoms with Crippen molar-refractivity contribution in [2.45, 2.75) is 116 Å². The summed E-state index contributed by atoms with van der Waals surface area (Å²) in [5, 5.41) is 17.1. The lowest BCUT2D eigenvalue weighted by Crippen LogP contribution is -2.42. The molecule has 0 bridgehead atoms. The van der Waals surface area contributed by atoms with Crippen molar-refractivity contribution in [3.05, 3.63) is 119 Å². The van der Waals surface area contributed by atoms with E-state index in [9.17, 15) is 9.59 Å². The summed E-state index contributed by atoms with van der Waals surface area (Å²) in [5.74, 6) is 2.38. The van der Waals surface area contributed by atoms with Crippen LogP contribution in [-0.4, -0.2) is 102 Å². The third-order valence-corrected chi connectivity index (χ3v) is 14.5. The lowest BCUT2D eigenvalue weighted by molar-refractivity contribution is 0.0183. The molecule has 71 heavy (non-hydrogen) atoms. The number of tetrazole rings is 1. The highest BCUT2D eigenvalue weighted by Crippen LogP contribution is 2.42. The molecule has 4 aromatic carbocycles. The number of hydrogen-bond donors (Lipinski definition) is 1. The SMILES string of the molecule is COc1ccc(CN(Cc2ccc(OC)cc2)S(=O)(=O)c2c(CC3CCN(C(=O)OC(C)(C)C)CC3)ccc(C3=CCC(CNC(=O)OC(C)(C)C)CC3)c2-c2nnn(Cc3ccc(OC)cc3)n2)cc1. The maximum atomic E-state index is 16.3. The first-order chi connectivity index (χ1) is 33.8. The zero-order valence-corrected chi connectivity index (χ0v) is 43.4. The molecule has 5 aromatic rings. The molecule has 0 radical (unpaired) electrons. The summed E-state index contributed by atoms with van der Waals surface area (Å²) in [6.45, 7) is 12.8. The maximum absolute atomic E-state index is 16.3. The molecule has 1 aliphatic heterocycles. The molecule has 2 amide bonds. The number of rotatable bonds is 17. The van der Waals surface area contributed by atoms with Crippen LogP contribution in [0, 0.1) is 11.8 Å². The summed E-state index contributed by atoms with van der Waals surface area (Å²) in [5.41, 5.74) is 3.83. The Balaban J connectivity index is 1.35. The third kappa shape index (κ3) is 14.1. The molecular weight excluding hydrogens is 923 g/mol. The summed E-state index contributed by atoms with van der Waals surface area (Å²) in [6, 6.07) is 26.3. The van der Waals surface area contributed by atoms with Crippen molar-refractivity contribution in [1.29, 1.82) is 0 Å². The molecule has 1 fully saturated rings. The molecular formula is C54H69N7O9S. The number of carbonyl (C=O) groups is 2. The first-order valence-corrected chi connectivity index (χ1v) is 25.7. The van der Waals surface area contributed by atoms with Crippen molar-refractivity contribution in [2.75, 3.05) is 41.0 Å². The topological polar surface area (TPSA) is 177 Å². The van der Waals surface area contributed by atoms with E-state index in [-0.39, 0.29) is 48.3 Å². The Morgan fingerprint density at radius 1 is 0.718 bits per heavy atom. The van der Waals surface area contributed by atoms with Crippen LogP contribution in [0.4, 0.5) is 9.59 Å². The lowest BCUT2D eigenvalue weighted by atomic mass is 9.83. The van der Waals surface area contributed by atoms with Gasteiger partial charge in [0.15, 0.2) is 0 Å². The van der Waals surface area contributed by atoms with Crippen LogP contribution in [0.25, 0.3) is 17.0 Å². The number of nitrogens with zero attached hydrogens (tertiary/aromatic N) is 6. The van der Waals surface area contributed by atoms with Crippen molar-refractivity contribution < 1.29 is 41.7 Å². The number of carbonyl (C=O) groups excluding carboxylic acids is 2. The third-order valence-electron chi connectivity index (χ3n) is 12.6. The summed E-state index contributed by atoms with van der Waals surface area (Å²) < 4.78 is 61.5. The number of aromatic nitrogens is 4. The standard InChI is InChI=1S/C54H69N7O9S/c1-53(2,3)69-51(62)55-33-38-10-18-42(19-11-38)47-27-20-43(32-37-28-30-59(31-29-37)52(63)70-54(4,5)6)49(48(47)50-56-58-61(57-50)36-41-16-25-46(68-9)26-17-41)71(64,65)60(34-39-12-21-44(66-7)22-13-39)35-40-14-23-45(67-8)24-15-40/h12-18,20-27,37-38H,10-11,19,28-36H2,1-9H3,(H,55,62). The molecule has 0 spiro atoms. The Bertz CT molecular complexity index is 2690. The molecule has 380 valence electrons. The fraction of sp³-hybridized carbons (Fsp3) is 0.463. The molecule has 1 unspecified atom stereocenters. The lowest BCUT2D eigenvalue weighted by Gasteiger charge is -2.34. The van der Waals surface area contributed by atoms with Gasteiger partial charge in [-0.1, -0.05) is 54.6 Å². The predicted octanol–water partition coefficient (Wildman–Crippen LogP) is 9.70. The van der Waals surface area contributed by atoms with Gasteiger partial charge in [0.2, 0.25) is 15.8 Å². The molecule has 17 heteroatoms. The number of hydrogen-bond acceptors (Lipinski definition) is 12. The predicted molar refractivity (Wildman–Crippen MR) is 272 cm³/mol. The van der Waals surface area contributed by atoms with Crippen LogP contribution in [0.2, 0.25) is 0 Å². The van der Waals surface area contributed by atoms with Crippen LogP contribution in [-0.2, 0) is 45.6 Å². The molecule has 16 nitrogen and oxygen atoms in total. The van der Waals surface area contributed by atoms with Crippen LogP contribution in [0.15, 0.2) is 95.9 Å². The molecule has 2 aliphatic rings. The number of methoxy groups -OCH3 is 3. The first-order valence-electron chi connectivity index (χ1n) is 24.3. The zero-order valence-electron chi connectivity index (χ0n) is 42.6. The van der Waals surface area contributed by atoms with Gasteiger partial charge in [-0.3, -0.25) is 0 Å². The van der Waals surface area contributed by atoms with Crippen LogP contribution in [0.1, 0.15) is 101 Å². The Hall–Kier alpha value is -6.46. The van der Waals surface area contributed by atoms with E-state index in [1.165, 1.54) is 9.10 Å². The van der Waals surface area contributed by atoms with E-state index >= 15 is 8.42 Å². The molecule has 7 rings (SSSR count). The van der Waals surface area contributed by atoms with Gasteiger partial charge in [-0.25, -0.2) is 18.0 Å². The van der Waals surface area contributed by atoms with Crippen LogP contribution in [0.3, 0.4) is 0 Å². The van der Waals surface area contributed by atoms with Crippen molar-refractivity contribution >= 4 is 27.8 Å². The molecule has 0 saturated carbocycles. The summed E-state index contributed by atoms with van der Waals surface area (Å²) in [7, 11) is 0.373. The molecule has 1 saturated heterocycles. The number of nitrogens with one attached hydrogen (secondary N) is 1. The van der Waals surface area contributed by atoms with Crippen molar-refractivity contribution in [3.63, 3.8) is 0 Å². The maximum Gasteiger partial charge on any atom is 0.410 e. The minimum atomic E-state index is -4.43. The van der Waals surface area contributed by atoms with Gasteiger partial charge in [-0.2, -0.15) is 9.10 Å². The normalized spacial score (nSPS) is 15.8. The van der Waals surface area contributed by atoms with Crippen LogP contribution in [0.5, 0.6) is 17.2 Å². The molecule has 1 atom stereocenters. The van der Waals surface area contributed by atoms with Crippen LogP contribution >= 0.6 is 0 Å². The average Bonchev–Trinajstić information content (AvgIpc) is 3.81. The van der Waals surface area contributed by atoms with Gasteiger partial charge >= 0.3 is 12.2 Å². The van der Waals surface area contributed by atoms with Gasteiger partial charge in [-0.15, -0.1) is 10.2 Å². The van der Waals surface area contributed by atoms with E-state index in [1.807, 2.05) is 126 Å². The smallest absolute Gasteiger partial charge is 0.410 e. The highest BCUT2D eigenvalue weighted by atomic mass is 32.2. The Morgan fingerprint density at radius 2 is 1.27 bits per heavy atom. The number of benzene rings is 4. The number of ether oxygens (including phenoxy) is 5. The summed E-state index contributed by atoms with van der Waals surface area (Å²) in [4.78, 5) is 29.1. The Kier molecular flexibility index (Phi) is 16.8. The Labute approximate surface area is 418 Å². The van der Waals surface area contributed by atoms with Crippen molar-refractivity contribution in [3.8, 4) is 28.6 Å². The second kappa shape index (κ2) is 22.7. The number of allylic oxidation sites excluding steroid dienone is 2. The first kappa shape index (κ1) is 52.4. The minimum absolute atomic E-state index is 0.0440. The van der Waals surface area contributed by atoms with Gasteiger partial charge in [-0.05, 0) is 167 Å². The highest BCUT2D eigenvalue weighted by Gasteiger charge is 2.36. The van der Waals surface area contributed by atoms with Gasteiger partial charge in [0.1, 0.15) is 28.5 Å². The van der Waals surface area contributed by atoms with Gasteiger partial charge in [0.25, 0.3) is 0 Å². The van der Waals surface area contributed by atoms with E-state index in [0.29, 0.717) is 85.7 Å². The number of sulfonamides is 1. The molecule has 1 aromatic heterocycles. The van der Waals surface area contributed by atoms with Gasteiger partial charge in [0, 0.05) is 32.7 Å². The van der Waals surface area contributed by atoms with Crippen LogP contribution < -0.4 is 19.5 Å². The van der Waals surface area contributed by atoms with E-state index < -0.39 is 27.3 Å². The summed E-state index contributed by atoms with van der Waals surface area (Å²) in [6.07, 6.45) is 5.02. The fourth-order valence-electron chi connectivity index (χ4n) is 8.92. The zero-order chi connectivity index (χ0) is 50.9. The quantitative estimate of drug-likeness (QED) is 0.0935. The minimum Gasteiger partial charge on any atom is -0.497 e. The van der Waals surface area contributed by atoms with Gasteiger partial charge in [0.05, 0.1) is 38.3 Å². The van der Waals surface area contributed by atoms with Crippen molar-refractivity contribution in [2.24, 2.45) is 11.8 Å². The number of likely N-dealkylation sites (tertiary alicyclic amines) is 1. The second-order valence-electron chi connectivity index (χ2n) is 20.3. The number of amides is 2. The molecule has 2 heterocycles. The Morgan fingerprint density at radius 3 is 1.77 bits per heavy atom. The van der Waals surface area contributed by atoms with E-state index in [4.69, 9.17) is 28.8 Å². The summed E-state index contributed by atoms with van der Waals surface area (Å²) >= 11 is 0. The van der Waals surface area contributed by atoms with Crippen molar-refractivity contribution in [1.82, 2.24) is 34.7 Å². The number of alkyl carbamates (subject to hydrolysis) is 1.